The van der Waals surface area contributed by atoms with E-state index in [9.17, 15) is 0 Å². The summed E-state index contributed by atoms with van der Waals surface area (Å²) in [5, 5.41) is 4.48. The van der Waals surface area contributed by atoms with E-state index in [0.29, 0.717) is 5.54 Å². The third-order valence-electron chi connectivity index (χ3n) is 3.42. The Hall–Kier alpha value is -0.0500. The third kappa shape index (κ3) is 2.99. The van der Waals surface area contributed by atoms with E-state index in [1.165, 1.54) is 31.2 Å². The number of rotatable bonds is 3. The fourth-order valence-electron chi connectivity index (χ4n) is 2.32. The van der Waals surface area contributed by atoms with Crippen LogP contribution in [0.15, 0.2) is 22.7 Å². The summed E-state index contributed by atoms with van der Waals surface area (Å²) in [5.41, 5.74) is 1.48. The van der Waals surface area contributed by atoms with E-state index < -0.39 is 0 Å². The van der Waals surface area contributed by atoms with Crippen LogP contribution in [0, 0.1) is 0 Å². The molecule has 88 valence electrons. The number of hydrogen-bond donors (Lipinski definition) is 1. The molecule has 0 atom stereocenters. The molecule has 0 heterocycles. The van der Waals surface area contributed by atoms with Crippen molar-refractivity contribution in [1.29, 1.82) is 0 Å². The van der Waals surface area contributed by atoms with E-state index in [4.69, 9.17) is 11.6 Å². The van der Waals surface area contributed by atoms with Gasteiger partial charge in [0.15, 0.2) is 0 Å². The highest BCUT2D eigenvalue weighted by Crippen LogP contribution is 2.30. The maximum Gasteiger partial charge on any atom is 0.0451 e. The summed E-state index contributed by atoms with van der Waals surface area (Å²) in [7, 11) is 0. The summed E-state index contributed by atoms with van der Waals surface area (Å²) in [6.45, 7) is 3.17. The van der Waals surface area contributed by atoms with Gasteiger partial charge in [-0.3, -0.25) is 0 Å². The highest BCUT2D eigenvalue weighted by Gasteiger charge is 2.27. The molecule has 1 aromatic carbocycles. The lowest BCUT2D eigenvalue weighted by atomic mass is 10.0. The topological polar surface area (TPSA) is 12.0 Å². The summed E-state index contributed by atoms with van der Waals surface area (Å²) in [4.78, 5) is 0. The Morgan fingerprint density at radius 1 is 1.38 bits per heavy atom. The number of nitrogens with one attached hydrogen (secondary N) is 1. The monoisotopic (exact) mass is 301 g/mol. The molecule has 3 heteroatoms. The van der Waals surface area contributed by atoms with Crippen molar-refractivity contribution in [1.82, 2.24) is 5.32 Å². The lowest BCUT2D eigenvalue weighted by molar-refractivity contribution is 0.363. The average molecular weight is 303 g/mol. The van der Waals surface area contributed by atoms with Crippen molar-refractivity contribution in [3.8, 4) is 0 Å². The Labute approximate surface area is 111 Å². The molecule has 0 amide bonds. The van der Waals surface area contributed by atoms with E-state index in [1.807, 2.05) is 12.1 Å². The molecule has 1 nitrogen and oxygen atoms in total. The van der Waals surface area contributed by atoms with Crippen LogP contribution in [0.3, 0.4) is 0 Å². The van der Waals surface area contributed by atoms with Crippen molar-refractivity contribution in [3.05, 3.63) is 33.3 Å². The van der Waals surface area contributed by atoms with Gasteiger partial charge in [0.1, 0.15) is 0 Å². The molecule has 1 aromatic rings. The molecule has 0 aliphatic heterocycles. The number of halogens is 2. The van der Waals surface area contributed by atoms with E-state index in [0.717, 1.165) is 16.0 Å². The van der Waals surface area contributed by atoms with Crippen LogP contribution >= 0.6 is 27.5 Å². The van der Waals surface area contributed by atoms with Gasteiger partial charge in [-0.25, -0.2) is 0 Å². The van der Waals surface area contributed by atoms with Gasteiger partial charge in [-0.15, -0.1) is 0 Å². The van der Waals surface area contributed by atoms with Crippen LogP contribution in [0.4, 0.5) is 0 Å². The molecule has 16 heavy (non-hydrogen) atoms. The third-order valence-corrected chi connectivity index (χ3v) is 4.28. The molecule has 1 aliphatic carbocycles. The van der Waals surface area contributed by atoms with Crippen LogP contribution in [0.2, 0.25) is 5.02 Å². The zero-order valence-corrected chi connectivity index (χ0v) is 11.9. The maximum atomic E-state index is 6.17. The first kappa shape index (κ1) is 12.4. The minimum Gasteiger partial charge on any atom is -0.307 e. The van der Waals surface area contributed by atoms with Crippen molar-refractivity contribution in [2.75, 3.05) is 0 Å². The van der Waals surface area contributed by atoms with Gasteiger partial charge in [-0.2, -0.15) is 0 Å². The van der Waals surface area contributed by atoms with Gasteiger partial charge in [-0.05, 0) is 43.5 Å². The Balaban J connectivity index is 2.01. The van der Waals surface area contributed by atoms with Gasteiger partial charge in [0.05, 0.1) is 0 Å². The quantitative estimate of drug-likeness (QED) is 0.865. The lowest BCUT2D eigenvalue weighted by Gasteiger charge is -2.25. The van der Waals surface area contributed by atoms with Gasteiger partial charge in [0.2, 0.25) is 0 Å². The fourth-order valence-corrected chi connectivity index (χ4v) is 2.91. The second-order valence-electron chi connectivity index (χ2n) is 4.86. The molecular formula is C13H17BrClN. The molecule has 0 spiro atoms. The molecule has 0 radical (unpaired) electrons. The van der Waals surface area contributed by atoms with E-state index in [1.54, 1.807) is 0 Å². The second-order valence-corrected chi connectivity index (χ2v) is 6.18. The molecule has 2 rings (SSSR count). The van der Waals surface area contributed by atoms with Crippen LogP contribution in [0.5, 0.6) is 0 Å². The summed E-state index contributed by atoms with van der Waals surface area (Å²) in [6.07, 6.45) is 5.24. The summed E-state index contributed by atoms with van der Waals surface area (Å²) in [6, 6.07) is 6.01. The minimum atomic E-state index is 0.311. The van der Waals surface area contributed by atoms with Crippen molar-refractivity contribution < 1.29 is 0 Å². The first-order valence-corrected chi connectivity index (χ1v) is 6.95. The Bertz CT molecular complexity index is 372. The zero-order chi connectivity index (χ0) is 11.6. The second kappa shape index (κ2) is 5.07. The molecule has 1 N–H and O–H groups in total. The Morgan fingerprint density at radius 3 is 2.75 bits per heavy atom. The lowest BCUT2D eigenvalue weighted by Crippen LogP contribution is -2.38. The summed E-state index contributed by atoms with van der Waals surface area (Å²) in [5.74, 6) is 0. The van der Waals surface area contributed by atoms with Crippen molar-refractivity contribution >= 4 is 27.5 Å². The van der Waals surface area contributed by atoms with Crippen LogP contribution in [0.1, 0.15) is 38.2 Å². The molecule has 0 bridgehead atoms. The Kier molecular flexibility index (Phi) is 3.93. The normalized spacial score (nSPS) is 18.9. The molecule has 0 aromatic heterocycles. The molecule has 0 saturated heterocycles. The first-order valence-electron chi connectivity index (χ1n) is 5.78. The zero-order valence-electron chi connectivity index (χ0n) is 9.52. The van der Waals surface area contributed by atoms with Gasteiger partial charge < -0.3 is 5.32 Å². The molecule has 0 unspecified atom stereocenters. The van der Waals surface area contributed by atoms with Crippen molar-refractivity contribution in [3.63, 3.8) is 0 Å². The summed E-state index contributed by atoms with van der Waals surface area (Å²) >= 11 is 9.64. The van der Waals surface area contributed by atoms with Gasteiger partial charge >= 0.3 is 0 Å². The summed E-state index contributed by atoms with van der Waals surface area (Å²) < 4.78 is 1.09. The maximum absolute atomic E-state index is 6.17. The minimum absolute atomic E-state index is 0.311. The number of benzene rings is 1. The van der Waals surface area contributed by atoms with Crippen LogP contribution in [-0.2, 0) is 6.54 Å². The van der Waals surface area contributed by atoms with E-state index in [-0.39, 0.29) is 0 Å². The van der Waals surface area contributed by atoms with Crippen LogP contribution in [0.25, 0.3) is 0 Å². The smallest absolute Gasteiger partial charge is 0.0451 e. The van der Waals surface area contributed by atoms with Crippen molar-refractivity contribution in [2.24, 2.45) is 0 Å². The standard InChI is InChI=1S/C13H17BrClN/c1-13(6-2-3-7-13)16-9-10-8-11(14)4-5-12(10)15/h4-5,8,16H,2-3,6-7,9H2,1H3. The molecule has 1 saturated carbocycles. The van der Waals surface area contributed by atoms with Gasteiger partial charge in [-0.1, -0.05) is 40.4 Å². The highest BCUT2D eigenvalue weighted by atomic mass is 79.9. The predicted octanol–water partition coefficient (Wildman–Crippen LogP) is 4.52. The highest BCUT2D eigenvalue weighted by molar-refractivity contribution is 9.10. The average Bonchev–Trinajstić information content (AvgIpc) is 2.67. The van der Waals surface area contributed by atoms with Crippen LogP contribution in [-0.4, -0.2) is 5.54 Å². The van der Waals surface area contributed by atoms with Crippen LogP contribution < -0.4 is 5.32 Å². The van der Waals surface area contributed by atoms with Gasteiger partial charge in [0, 0.05) is 21.6 Å². The molecule has 1 aliphatic rings. The van der Waals surface area contributed by atoms with E-state index in [2.05, 4.69) is 34.2 Å². The molecular weight excluding hydrogens is 286 g/mol. The Morgan fingerprint density at radius 2 is 2.06 bits per heavy atom. The van der Waals surface area contributed by atoms with Gasteiger partial charge in [0.25, 0.3) is 0 Å². The largest absolute Gasteiger partial charge is 0.307 e. The predicted molar refractivity (Wildman–Crippen MR) is 72.9 cm³/mol. The first-order chi connectivity index (χ1) is 7.59. The molecule has 1 fully saturated rings. The van der Waals surface area contributed by atoms with E-state index >= 15 is 0 Å². The number of hydrogen-bond acceptors (Lipinski definition) is 1. The fraction of sp³-hybridized carbons (Fsp3) is 0.538. The SMILES string of the molecule is CC1(NCc2cc(Br)ccc2Cl)CCCC1. The van der Waals surface area contributed by atoms with Crippen molar-refractivity contribution in [2.45, 2.75) is 44.7 Å².